The summed E-state index contributed by atoms with van der Waals surface area (Å²) in [5.74, 6) is -0.331. The molecule has 0 unspecified atom stereocenters. The Morgan fingerprint density at radius 1 is 1.50 bits per heavy atom. The van der Waals surface area contributed by atoms with Gasteiger partial charge in [0, 0.05) is 18.8 Å². The third kappa shape index (κ3) is 3.70. The lowest BCUT2D eigenvalue weighted by atomic mass is 10.2. The Hall–Kier alpha value is -1.62. The fraction of sp³-hybridized carbons (Fsp3) is 0.462. The van der Waals surface area contributed by atoms with Crippen molar-refractivity contribution in [2.75, 3.05) is 25.5 Å². The van der Waals surface area contributed by atoms with Gasteiger partial charge in [-0.3, -0.25) is 4.79 Å². The van der Waals surface area contributed by atoms with E-state index in [4.69, 9.17) is 10.5 Å². The number of carbonyl (C=O) groups excluding carboxylic acids is 1. The molecule has 0 atom stereocenters. The van der Waals surface area contributed by atoms with Gasteiger partial charge in [-0.25, -0.2) is 4.39 Å². The highest BCUT2D eigenvalue weighted by molar-refractivity contribution is 5.95. The molecule has 0 aliphatic heterocycles. The zero-order chi connectivity index (χ0) is 13.0. The van der Waals surface area contributed by atoms with E-state index in [1.54, 1.807) is 0 Å². The second-order valence-corrected chi connectivity index (χ2v) is 4.51. The minimum absolute atomic E-state index is 0.0304. The van der Waals surface area contributed by atoms with E-state index in [0.717, 1.165) is 6.61 Å². The number of rotatable bonds is 6. The van der Waals surface area contributed by atoms with Crippen molar-refractivity contribution in [3.05, 3.63) is 29.6 Å². The number of amides is 1. The number of nitrogens with one attached hydrogen (secondary N) is 1. The molecule has 0 bridgehead atoms. The van der Waals surface area contributed by atoms with Crippen molar-refractivity contribution in [3.8, 4) is 0 Å². The minimum Gasteiger partial charge on any atom is -0.399 e. The summed E-state index contributed by atoms with van der Waals surface area (Å²) in [5, 5.41) is 2.60. The largest absolute Gasteiger partial charge is 0.399 e. The molecule has 0 radical (unpaired) electrons. The first-order chi connectivity index (χ1) is 8.66. The van der Waals surface area contributed by atoms with Gasteiger partial charge in [0.1, 0.15) is 5.82 Å². The first-order valence-electron chi connectivity index (χ1n) is 6.08. The topological polar surface area (TPSA) is 64.4 Å². The first-order valence-corrected chi connectivity index (χ1v) is 6.08. The molecular formula is C13H17FN2O2. The van der Waals surface area contributed by atoms with E-state index in [0.29, 0.717) is 24.8 Å². The molecule has 3 N–H and O–H groups in total. The van der Waals surface area contributed by atoms with Gasteiger partial charge in [0.15, 0.2) is 0 Å². The Morgan fingerprint density at radius 3 is 3.00 bits per heavy atom. The van der Waals surface area contributed by atoms with Crippen molar-refractivity contribution in [2.24, 2.45) is 5.92 Å². The summed E-state index contributed by atoms with van der Waals surface area (Å²) >= 11 is 0. The maximum Gasteiger partial charge on any atom is 0.254 e. The lowest BCUT2D eigenvalue weighted by Gasteiger charge is -2.07. The summed E-state index contributed by atoms with van der Waals surface area (Å²) < 4.78 is 18.7. The van der Waals surface area contributed by atoms with Crippen LogP contribution in [0.3, 0.4) is 0 Å². The second kappa shape index (κ2) is 5.82. The number of carbonyl (C=O) groups is 1. The SMILES string of the molecule is Nc1ccc(F)c(C(=O)NCCOCC2CC2)c1. The van der Waals surface area contributed by atoms with E-state index in [2.05, 4.69) is 5.32 Å². The molecule has 1 saturated carbocycles. The molecule has 1 aromatic carbocycles. The molecule has 5 heteroatoms. The van der Waals surface area contributed by atoms with Crippen LogP contribution in [0.5, 0.6) is 0 Å². The number of halogens is 1. The van der Waals surface area contributed by atoms with Crippen LogP contribution in [0.4, 0.5) is 10.1 Å². The Morgan fingerprint density at radius 2 is 2.28 bits per heavy atom. The van der Waals surface area contributed by atoms with Gasteiger partial charge in [0.25, 0.3) is 5.91 Å². The number of ether oxygens (including phenoxy) is 1. The van der Waals surface area contributed by atoms with Crippen LogP contribution in [-0.4, -0.2) is 25.7 Å². The predicted octanol–water partition coefficient (Wildman–Crippen LogP) is 1.56. The van der Waals surface area contributed by atoms with Gasteiger partial charge in [-0.2, -0.15) is 0 Å². The van der Waals surface area contributed by atoms with Crippen LogP contribution >= 0.6 is 0 Å². The second-order valence-electron chi connectivity index (χ2n) is 4.51. The molecular weight excluding hydrogens is 235 g/mol. The normalized spacial score (nSPS) is 14.5. The Balaban J connectivity index is 1.74. The van der Waals surface area contributed by atoms with Crippen LogP contribution in [0.25, 0.3) is 0 Å². The quantitative estimate of drug-likeness (QED) is 0.596. The zero-order valence-electron chi connectivity index (χ0n) is 10.1. The number of nitrogens with two attached hydrogens (primary N) is 1. The van der Waals surface area contributed by atoms with Gasteiger partial charge in [-0.15, -0.1) is 0 Å². The average Bonchev–Trinajstić information content (AvgIpc) is 3.15. The molecule has 1 aromatic rings. The Kier molecular flexibility index (Phi) is 4.15. The number of hydrogen-bond donors (Lipinski definition) is 2. The lowest BCUT2D eigenvalue weighted by molar-refractivity contribution is 0.0903. The van der Waals surface area contributed by atoms with Crippen LogP contribution in [0.2, 0.25) is 0 Å². The first kappa shape index (κ1) is 12.8. The fourth-order valence-electron chi connectivity index (χ4n) is 1.58. The summed E-state index contributed by atoms with van der Waals surface area (Å²) in [6.45, 7) is 1.58. The predicted molar refractivity (Wildman–Crippen MR) is 66.7 cm³/mol. The van der Waals surface area contributed by atoms with Gasteiger partial charge in [-0.05, 0) is 37.0 Å². The van der Waals surface area contributed by atoms with Crippen LogP contribution in [0, 0.1) is 11.7 Å². The Bertz CT molecular complexity index is 433. The molecule has 2 rings (SSSR count). The summed E-state index contributed by atoms with van der Waals surface area (Å²) in [7, 11) is 0. The van der Waals surface area contributed by atoms with Crippen molar-refractivity contribution in [1.29, 1.82) is 0 Å². The number of hydrogen-bond acceptors (Lipinski definition) is 3. The standard InChI is InChI=1S/C13H17FN2O2/c14-12-4-3-10(15)7-11(12)13(17)16-5-6-18-8-9-1-2-9/h3-4,7,9H,1-2,5-6,8,15H2,(H,16,17). The molecule has 1 aliphatic rings. The number of benzene rings is 1. The fourth-order valence-corrected chi connectivity index (χ4v) is 1.58. The van der Waals surface area contributed by atoms with E-state index in [1.807, 2.05) is 0 Å². The third-order valence-electron chi connectivity index (χ3n) is 2.82. The van der Waals surface area contributed by atoms with E-state index in [-0.39, 0.29) is 5.56 Å². The molecule has 0 spiro atoms. The number of nitrogen functional groups attached to an aromatic ring is 1. The smallest absolute Gasteiger partial charge is 0.254 e. The van der Waals surface area contributed by atoms with E-state index in [9.17, 15) is 9.18 Å². The van der Waals surface area contributed by atoms with Crippen LogP contribution in [0.15, 0.2) is 18.2 Å². The van der Waals surface area contributed by atoms with Crippen molar-refractivity contribution in [2.45, 2.75) is 12.8 Å². The summed E-state index contributed by atoms with van der Waals surface area (Å²) in [5.41, 5.74) is 5.85. The van der Waals surface area contributed by atoms with Gasteiger partial charge in [-0.1, -0.05) is 0 Å². The maximum absolute atomic E-state index is 13.4. The molecule has 18 heavy (non-hydrogen) atoms. The summed E-state index contributed by atoms with van der Waals surface area (Å²) in [6.07, 6.45) is 2.47. The van der Waals surface area contributed by atoms with Gasteiger partial charge in [0.05, 0.1) is 12.2 Å². The van der Waals surface area contributed by atoms with Crippen LogP contribution in [0.1, 0.15) is 23.2 Å². The van der Waals surface area contributed by atoms with Crippen molar-refractivity contribution in [1.82, 2.24) is 5.32 Å². The third-order valence-corrected chi connectivity index (χ3v) is 2.82. The molecule has 1 aliphatic carbocycles. The van der Waals surface area contributed by atoms with Crippen molar-refractivity contribution >= 4 is 11.6 Å². The van der Waals surface area contributed by atoms with Crippen molar-refractivity contribution < 1.29 is 13.9 Å². The molecule has 98 valence electrons. The Labute approximate surface area is 105 Å². The highest BCUT2D eigenvalue weighted by atomic mass is 19.1. The summed E-state index contributed by atoms with van der Waals surface area (Å²) in [4.78, 5) is 11.7. The molecule has 4 nitrogen and oxygen atoms in total. The van der Waals surface area contributed by atoms with Crippen LogP contribution < -0.4 is 11.1 Å². The highest BCUT2D eigenvalue weighted by Crippen LogP contribution is 2.28. The van der Waals surface area contributed by atoms with E-state index < -0.39 is 11.7 Å². The number of anilines is 1. The van der Waals surface area contributed by atoms with Crippen LogP contribution in [-0.2, 0) is 4.74 Å². The molecule has 0 aromatic heterocycles. The molecule has 1 amide bonds. The molecule has 0 saturated heterocycles. The molecule has 0 heterocycles. The van der Waals surface area contributed by atoms with E-state index >= 15 is 0 Å². The average molecular weight is 252 g/mol. The van der Waals surface area contributed by atoms with Gasteiger partial charge >= 0.3 is 0 Å². The summed E-state index contributed by atoms with van der Waals surface area (Å²) in [6, 6.07) is 3.94. The lowest BCUT2D eigenvalue weighted by Crippen LogP contribution is -2.28. The van der Waals surface area contributed by atoms with Crippen molar-refractivity contribution in [3.63, 3.8) is 0 Å². The minimum atomic E-state index is -0.569. The zero-order valence-corrected chi connectivity index (χ0v) is 10.1. The highest BCUT2D eigenvalue weighted by Gasteiger charge is 2.20. The van der Waals surface area contributed by atoms with Gasteiger partial charge in [0.2, 0.25) is 0 Å². The molecule has 1 fully saturated rings. The maximum atomic E-state index is 13.4. The monoisotopic (exact) mass is 252 g/mol. The van der Waals surface area contributed by atoms with Gasteiger partial charge < -0.3 is 15.8 Å². The van der Waals surface area contributed by atoms with E-state index in [1.165, 1.54) is 31.0 Å².